The summed E-state index contributed by atoms with van der Waals surface area (Å²) in [6.45, 7) is 5.90. The molecule has 1 aliphatic carbocycles. The van der Waals surface area contributed by atoms with Crippen molar-refractivity contribution in [3.63, 3.8) is 0 Å². The Kier molecular flexibility index (Phi) is 5.78. The van der Waals surface area contributed by atoms with Crippen LogP contribution < -0.4 is 5.32 Å². The average molecular weight is 432 g/mol. The van der Waals surface area contributed by atoms with Gasteiger partial charge in [-0.25, -0.2) is 0 Å². The van der Waals surface area contributed by atoms with Crippen molar-refractivity contribution < 1.29 is 9.32 Å². The lowest BCUT2D eigenvalue weighted by Gasteiger charge is -2.19. The number of fused-ring (bicyclic) bond motifs is 1. The van der Waals surface area contributed by atoms with Crippen LogP contribution in [0.15, 0.2) is 21.8 Å². The third-order valence-electron chi connectivity index (χ3n) is 5.35. The number of nitrogens with one attached hydrogen (secondary N) is 1. The molecule has 9 heteroatoms. The molecule has 29 heavy (non-hydrogen) atoms. The maximum atomic E-state index is 12.4. The van der Waals surface area contributed by atoms with Gasteiger partial charge in [-0.2, -0.15) is 0 Å². The molecule has 1 amide bonds. The first-order valence-corrected chi connectivity index (χ1v) is 11.6. The van der Waals surface area contributed by atoms with Gasteiger partial charge in [-0.05, 0) is 50.7 Å². The fraction of sp³-hybridized carbons (Fsp3) is 0.500. The van der Waals surface area contributed by atoms with Crippen LogP contribution in [0.25, 0.3) is 10.7 Å². The smallest absolute Gasteiger partial charge is 0.238 e. The minimum atomic E-state index is -0.343. The zero-order chi connectivity index (χ0) is 20.5. The van der Waals surface area contributed by atoms with E-state index >= 15 is 0 Å². The van der Waals surface area contributed by atoms with E-state index in [9.17, 15) is 4.79 Å². The van der Waals surface area contributed by atoms with Crippen LogP contribution in [-0.4, -0.2) is 31.1 Å². The van der Waals surface area contributed by atoms with Crippen molar-refractivity contribution in [2.24, 2.45) is 13.0 Å². The number of aromatic nitrogens is 4. The second kappa shape index (κ2) is 8.31. The summed E-state index contributed by atoms with van der Waals surface area (Å²) in [5.41, 5.74) is 1.47. The summed E-state index contributed by atoms with van der Waals surface area (Å²) in [5.74, 6) is 2.59. The number of thioether (sulfide) groups is 1. The first-order chi connectivity index (χ1) is 13.9. The van der Waals surface area contributed by atoms with Gasteiger partial charge < -0.3 is 14.4 Å². The monoisotopic (exact) mass is 431 g/mol. The SMILES string of the molecule is CCC1CCc2sc(-c3nnc(SC(C)C(=O)Nc4cc(C)on4)n3C)cc2C1. The number of hydrogen-bond donors (Lipinski definition) is 1. The van der Waals surface area contributed by atoms with Crippen molar-refractivity contribution in [3.05, 3.63) is 28.3 Å². The van der Waals surface area contributed by atoms with Crippen molar-refractivity contribution >= 4 is 34.8 Å². The van der Waals surface area contributed by atoms with Gasteiger partial charge in [0.2, 0.25) is 5.91 Å². The number of hydrogen-bond acceptors (Lipinski definition) is 7. The van der Waals surface area contributed by atoms with E-state index < -0.39 is 0 Å². The van der Waals surface area contributed by atoms with Gasteiger partial charge in [-0.15, -0.1) is 21.5 Å². The molecule has 0 bridgehead atoms. The molecule has 3 heterocycles. The van der Waals surface area contributed by atoms with Crippen molar-refractivity contribution in [1.82, 2.24) is 19.9 Å². The lowest BCUT2D eigenvalue weighted by molar-refractivity contribution is -0.115. The Morgan fingerprint density at radius 2 is 2.28 bits per heavy atom. The molecular weight excluding hydrogens is 406 g/mol. The normalized spacial score (nSPS) is 17.2. The molecule has 2 unspecified atom stereocenters. The third-order valence-corrected chi connectivity index (χ3v) is 7.72. The van der Waals surface area contributed by atoms with Gasteiger partial charge in [0, 0.05) is 18.0 Å². The zero-order valence-electron chi connectivity index (χ0n) is 17.1. The maximum absolute atomic E-state index is 12.4. The highest BCUT2D eigenvalue weighted by Crippen LogP contribution is 2.38. The van der Waals surface area contributed by atoms with Crippen LogP contribution in [0, 0.1) is 12.8 Å². The summed E-state index contributed by atoms with van der Waals surface area (Å²) >= 11 is 3.21. The Morgan fingerprint density at radius 3 is 3.00 bits per heavy atom. The molecule has 1 aliphatic rings. The highest BCUT2D eigenvalue weighted by molar-refractivity contribution is 8.00. The van der Waals surface area contributed by atoms with E-state index in [-0.39, 0.29) is 11.2 Å². The zero-order valence-corrected chi connectivity index (χ0v) is 18.7. The molecule has 0 saturated heterocycles. The predicted molar refractivity (Wildman–Crippen MR) is 115 cm³/mol. The van der Waals surface area contributed by atoms with Crippen molar-refractivity contribution in [2.45, 2.75) is 56.9 Å². The van der Waals surface area contributed by atoms with Crippen LogP contribution in [0.1, 0.15) is 42.9 Å². The van der Waals surface area contributed by atoms with Gasteiger partial charge in [0.25, 0.3) is 0 Å². The van der Waals surface area contributed by atoms with Crippen molar-refractivity contribution in [3.8, 4) is 10.7 Å². The van der Waals surface area contributed by atoms with Crippen LogP contribution in [0.4, 0.5) is 5.82 Å². The molecule has 0 radical (unpaired) electrons. The number of carbonyl (C=O) groups is 1. The Morgan fingerprint density at radius 1 is 1.45 bits per heavy atom. The molecule has 2 atom stereocenters. The first-order valence-electron chi connectivity index (χ1n) is 9.86. The molecule has 3 aromatic heterocycles. The summed E-state index contributed by atoms with van der Waals surface area (Å²) in [5, 5.41) is 15.7. The van der Waals surface area contributed by atoms with Crippen molar-refractivity contribution in [1.29, 1.82) is 0 Å². The number of rotatable bonds is 6. The van der Waals surface area contributed by atoms with E-state index in [0.29, 0.717) is 11.6 Å². The molecule has 7 nitrogen and oxygen atoms in total. The molecule has 154 valence electrons. The molecule has 0 saturated carbocycles. The minimum absolute atomic E-state index is 0.148. The van der Waals surface area contributed by atoms with Crippen LogP contribution in [-0.2, 0) is 24.7 Å². The lowest BCUT2D eigenvalue weighted by Crippen LogP contribution is -2.23. The number of thiophene rings is 1. The largest absolute Gasteiger partial charge is 0.360 e. The van der Waals surface area contributed by atoms with Gasteiger partial charge in [0.05, 0.1) is 10.1 Å². The van der Waals surface area contributed by atoms with Gasteiger partial charge in [0.1, 0.15) is 5.76 Å². The summed E-state index contributed by atoms with van der Waals surface area (Å²) in [6.07, 6.45) is 4.85. The Hall–Kier alpha value is -2.13. The molecule has 0 aliphatic heterocycles. The second-order valence-corrected chi connectivity index (χ2v) is 9.96. The minimum Gasteiger partial charge on any atom is -0.360 e. The maximum Gasteiger partial charge on any atom is 0.238 e. The number of nitrogens with zero attached hydrogens (tertiary/aromatic N) is 4. The van der Waals surface area contributed by atoms with Gasteiger partial charge >= 0.3 is 0 Å². The van der Waals surface area contributed by atoms with Crippen molar-refractivity contribution in [2.75, 3.05) is 5.32 Å². The average Bonchev–Trinajstić information content (AvgIpc) is 3.40. The number of amides is 1. The second-order valence-electron chi connectivity index (χ2n) is 7.51. The summed E-state index contributed by atoms with van der Waals surface area (Å²) < 4.78 is 6.96. The topological polar surface area (TPSA) is 85.8 Å². The molecule has 0 aromatic carbocycles. The quantitative estimate of drug-likeness (QED) is 0.580. The summed E-state index contributed by atoms with van der Waals surface area (Å²) in [7, 11) is 1.96. The summed E-state index contributed by atoms with van der Waals surface area (Å²) in [4.78, 5) is 15.1. The molecule has 4 rings (SSSR count). The van der Waals surface area contributed by atoms with Crippen LogP contribution in [0.5, 0.6) is 0 Å². The molecule has 1 N–H and O–H groups in total. The Balaban J connectivity index is 1.46. The van der Waals surface area contributed by atoms with Crippen LogP contribution in [0.2, 0.25) is 0 Å². The third kappa shape index (κ3) is 4.25. The molecule has 0 fully saturated rings. The van der Waals surface area contributed by atoms with Gasteiger partial charge in [0.15, 0.2) is 16.8 Å². The first kappa shape index (κ1) is 20.2. The van der Waals surface area contributed by atoms with E-state index in [1.54, 1.807) is 13.0 Å². The van der Waals surface area contributed by atoms with Gasteiger partial charge in [-0.1, -0.05) is 30.3 Å². The van der Waals surface area contributed by atoms with Crippen LogP contribution >= 0.6 is 23.1 Å². The molecular formula is C20H25N5O2S2. The van der Waals surface area contributed by atoms with E-state index in [2.05, 4.69) is 33.7 Å². The highest BCUT2D eigenvalue weighted by Gasteiger charge is 2.24. The number of anilines is 1. The summed E-state index contributed by atoms with van der Waals surface area (Å²) in [6, 6.07) is 3.97. The van der Waals surface area contributed by atoms with Gasteiger partial charge in [-0.3, -0.25) is 4.79 Å². The van der Waals surface area contributed by atoms with E-state index in [0.717, 1.165) is 28.2 Å². The Labute approximate surface area is 178 Å². The van der Waals surface area contributed by atoms with E-state index in [1.165, 1.54) is 41.5 Å². The van der Waals surface area contributed by atoms with E-state index in [1.807, 2.05) is 29.9 Å². The highest BCUT2D eigenvalue weighted by atomic mass is 32.2. The predicted octanol–water partition coefficient (Wildman–Crippen LogP) is 4.47. The fourth-order valence-electron chi connectivity index (χ4n) is 3.55. The fourth-order valence-corrected chi connectivity index (χ4v) is 5.60. The van der Waals surface area contributed by atoms with Crippen LogP contribution in [0.3, 0.4) is 0 Å². The Bertz CT molecular complexity index is 1020. The molecule has 3 aromatic rings. The standard InChI is InChI=1S/C20H25N5O2S2/c1-5-13-6-7-15-14(9-13)10-16(29-15)18-22-23-20(25(18)4)28-12(3)19(26)21-17-8-11(2)27-24-17/h8,10,12-13H,5-7,9H2,1-4H3,(H,21,24,26). The lowest BCUT2D eigenvalue weighted by atomic mass is 9.87. The molecule has 0 spiro atoms. The number of aryl methyl sites for hydroxylation is 2. The van der Waals surface area contributed by atoms with E-state index in [4.69, 9.17) is 4.52 Å². The number of carbonyl (C=O) groups excluding carboxylic acids is 1.